The molecule has 0 heterocycles. The fraction of sp³-hybridized carbons (Fsp3) is 0.364. The van der Waals surface area contributed by atoms with Gasteiger partial charge in [0.2, 0.25) is 0 Å². The molecule has 0 saturated heterocycles. The standard InChI is InChI=1S/C11H15FN2O2/c1-16-11(15)9-3-2-8(6-10(9)12)7-14-5-4-13/h2-3,6,14H,4-5,7,13H2,1H3. The van der Waals surface area contributed by atoms with Crippen molar-refractivity contribution in [1.29, 1.82) is 0 Å². The van der Waals surface area contributed by atoms with Gasteiger partial charge in [0.25, 0.3) is 0 Å². The maximum atomic E-state index is 13.4. The highest BCUT2D eigenvalue weighted by Crippen LogP contribution is 2.11. The van der Waals surface area contributed by atoms with E-state index in [0.717, 1.165) is 5.56 Å². The summed E-state index contributed by atoms with van der Waals surface area (Å²) in [5.41, 5.74) is 6.02. The normalized spacial score (nSPS) is 10.2. The predicted octanol–water partition coefficient (Wildman–Crippen LogP) is 0.661. The van der Waals surface area contributed by atoms with Crippen molar-refractivity contribution in [2.45, 2.75) is 6.54 Å². The Labute approximate surface area is 93.6 Å². The summed E-state index contributed by atoms with van der Waals surface area (Å²) >= 11 is 0. The Morgan fingerprint density at radius 2 is 2.31 bits per heavy atom. The molecule has 0 aliphatic heterocycles. The number of nitrogens with two attached hydrogens (primary N) is 1. The number of hydrogen-bond acceptors (Lipinski definition) is 4. The molecular formula is C11H15FN2O2. The Morgan fingerprint density at radius 3 is 2.88 bits per heavy atom. The first-order valence-electron chi connectivity index (χ1n) is 4.96. The van der Waals surface area contributed by atoms with Gasteiger partial charge in [-0.2, -0.15) is 0 Å². The lowest BCUT2D eigenvalue weighted by molar-refractivity contribution is 0.0595. The number of halogens is 1. The van der Waals surface area contributed by atoms with Gasteiger partial charge in [-0.25, -0.2) is 9.18 Å². The van der Waals surface area contributed by atoms with Crippen LogP contribution < -0.4 is 11.1 Å². The van der Waals surface area contributed by atoms with Gasteiger partial charge in [-0.15, -0.1) is 0 Å². The minimum absolute atomic E-state index is 0.0509. The van der Waals surface area contributed by atoms with Gasteiger partial charge in [0.1, 0.15) is 5.82 Å². The molecule has 1 aromatic carbocycles. The molecule has 1 rings (SSSR count). The van der Waals surface area contributed by atoms with Gasteiger partial charge >= 0.3 is 5.97 Å². The SMILES string of the molecule is COC(=O)c1ccc(CNCCN)cc1F. The van der Waals surface area contributed by atoms with Crippen LogP contribution in [-0.4, -0.2) is 26.2 Å². The molecule has 0 unspecified atom stereocenters. The fourth-order valence-corrected chi connectivity index (χ4v) is 1.28. The summed E-state index contributed by atoms with van der Waals surface area (Å²) in [5, 5.41) is 3.03. The molecule has 1 aromatic rings. The summed E-state index contributed by atoms with van der Waals surface area (Å²) in [6.07, 6.45) is 0. The van der Waals surface area contributed by atoms with Crippen molar-refractivity contribution in [3.8, 4) is 0 Å². The van der Waals surface area contributed by atoms with Crippen LogP contribution in [0.1, 0.15) is 15.9 Å². The van der Waals surface area contributed by atoms with Crippen LogP contribution in [0.25, 0.3) is 0 Å². The van der Waals surface area contributed by atoms with Crippen molar-refractivity contribution < 1.29 is 13.9 Å². The Bertz CT molecular complexity index is 369. The van der Waals surface area contributed by atoms with Crippen LogP contribution in [-0.2, 0) is 11.3 Å². The quantitative estimate of drug-likeness (QED) is 0.572. The van der Waals surface area contributed by atoms with Crippen LogP contribution >= 0.6 is 0 Å². The van der Waals surface area contributed by atoms with Crippen LogP contribution in [0, 0.1) is 5.82 Å². The van der Waals surface area contributed by atoms with Crippen LogP contribution in [0.5, 0.6) is 0 Å². The van der Waals surface area contributed by atoms with Crippen molar-refractivity contribution in [1.82, 2.24) is 5.32 Å². The molecule has 3 N–H and O–H groups in total. The van der Waals surface area contributed by atoms with E-state index in [1.165, 1.54) is 19.2 Å². The van der Waals surface area contributed by atoms with Crippen molar-refractivity contribution in [2.75, 3.05) is 20.2 Å². The predicted molar refractivity (Wildman–Crippen MR) is 58.5 cm³/mol. The highest BCUT2D eigenvalue weighted by atomic mass is 19.1. The smallest absolute Gasteiger partial charge is 0.340 e. The molecule has 0 fully saturated rings. The third kappa shape index (κ3) is 3.29. The summed E-state index contributed by atoms with van der Waals surface area (Å²) < 4.78 is 17.9. The number of rotatable bonds is 5. The van der Waals surface area contributed by atoms with Gasteiger partial charge < -0.3 is 15.8 Å². The number of benzene rings is 1. The Balaban J connectivity index is 2.71. The summed E-state index contributed by atoms with van der Waals surface area (Å²) in [5.74, 6) is -1.24. The molecule has 5 heteroatoms. The van der Waals surface area contributed by atoms with Crippen LogP contribution in [0.2, 0.25) is 0 Å². The van der Waals surface area contributed by atoms with Crippen LogP contribution in [0.4, 0.5) is 4.39 Å². The lowest BCUT2D eigenvalue weighted by Gasteiger charge is -2.05. The van der Waals surface area contributed by atoms with E-state index in [4.69, 9.17) is 5.73 Å². The number of nitrogens with one attached hydrogen (secondary N) is 1. The molecule has 0 bridgehead atoms. The monoisotopic (exact) mass is 226 g/mol. The first-order chi connectivity index (χ1) is 7.69. The van der Waals surface area contributed by atoms with E-state index < -0.39 is 11.8 Å². The molecular weight excluding hydrogens is 211 g/mol. The third-order valence-corrected chi connectivity index (χ3v) is 2.09. The van der Waals surface area contributed by atoms with E-state index >= 15 is 0 Å². The summed E-state index contributed by atoms with van der Waals surface area (Å²) in [6, 6.07) is 4.41. The average Bonchev–Trinajstić information content (AvgIpc) is 2.29. The van der Waals surface area contributed by atoms with E-state index in [1.807, 2.05) is 0 Å². The zero-order valence-electron chi connectivity index (χ0n) is 9.13. The number of hydrogen-bond donors (Lipinski definition) is 2. The highest BCUT2D eigenvalue weighted by Gasteiger charge is 2.11. The first kappa shape index (κ1) is 12.6. The fourth-order valence-electron chi connectivity index (χ4n) is 1.28. The van der Waals surface area contributed by atoms with Gasteiger partial charge in [0.05, 0.1) is 12.7 Å². The van der Waals surface area contributed by atoms with Crippen molar-refractivity contribution in [2.24, 2.45) is 5.73 Å². The second-order valence-electron chi connectivity index (χ2n) is 3.27. The number of carbonyl (C=O) groups excluding carboxylic acids is 1. The topological polar surface area (TPSA) is 64.3 Å². The molecule has 0 radical (unpaired) electrons. The van der Waals surface area contributed by atoms with E-state index in [1.54, 1.807) is 6.07 Å². The van der Waals surface area contributed by atoms with Gasteiger partial charge in [-0.1, -0.05) is 6.07 Å². The molecule has 16 heavy (non-hydrogen) atoms. The number of carbonyl (C=O) groups is 1. The Morgan fingerprint density at radius 1 is 1.56 bits per heavy atom. The molecule has 0 aromatic heterocycles. The summed E-state index contributed by atoms with van der Waals surface area (Å²) in [6.45, 7) is 1.72. The number of ether oxygens (including phenoxy) is 1. The van der Waals surface area contributed by atoms with Gasteiger partial charge in [0.15, 0.2) is 0 Å². The minimum atomic E-state index is -0.668. The van der Waals surface area contributed by atoms with Crippen molar-refractivity contribution >= 4 is 5.97 Å². The molecule has 4 nitrogen and oxygen atoms in total. The summed E-state index contributed by atoms with van der Waals surface area (Å²) in [4.78, 5) is 11.1. The minimum Gasteiger partial charge on any atom is -0.465 e. The maximum Gasteiger partial charge on any atom is 0.340 e. The van der Waals surface area contributed by atoms with Gasteiger partial charge in [-0.05, 0) is 17.7 Å². The molecule has 0 spiro atoms. The second-order valence-corrected chi connectivity index (χ2v) is 3.27. The van der Waals surface area contributed by atoms with Crippen molar-refractivity contribution in [3.63, 3.8) is 0 Å². The second kappa shape index (κ2) is 6.19. The maximum absolute atomic E-state index is 13.4. The number of esters is 1. The zero-order chi connectivity index (χ0) is 12.0. The van der Waals surface area contributed by atoms with Gasteiger partial charge in [-0.3, -0.25) is 0 Å². The van der Waals surface area contributed by atoms with Crippen LogP contribution in [0.3, 0.4) is 0 Å². The van der Waals surface area contributed by atoms with E-state index in [-0.39, 0.29) is 5.56 Å². The molecule has 0 amide bonds. The lowest BCUT2D eigenvalue weighted by atomic mass is 10.1. The van der Waals surface area contributed by atoms with Gasteiger partial charge in [0, 0.05) is 19.6 Å². The van der Waals surface area contributed by atoms with E-state index in [2.05, 4.69) is 10.1 Å². The van der Waals surface area contributed by atoms with Crippen molar-refractivity contribution in [3.05, 3.63) is 35.1 Å². The van der Waals surface area contributed by atoms with Crippen LogP contribution in [0.15, 0.2) is 18.2 Å². The molecule has 0 atom stereocenters. The average molecular weight is 226 g/mol. The highest BCUT2D eigenvalue weighted by molar-refractivity contribution is 5.89. The molecule has 0 aliphatic rings. The largest absolute Gasteiger partial charge is 0.465 e. The lowest BCUT2D eigenvalue weighted by Crippen LogP contribution is -2.22. The first-order valence-corrected chi connectivity index (χ1v) is 4.96. The zero-order valence-corrected chi connectivity index (χ0v) is 9.13. The molecule has 0 aliphatic carbocycles. The Hall–Kier alpha value is -1.46. The molecule has 88 valence electrons. The van der Waals surface area contributed by atoms with E-state index in [0.29, 0.717) is 19.6 Å². The summed E-state index contributed by atoms with van der Waals surface area (Å²) in [7, 11) is 1.22. The Kier molecular flexibility index (Phi) is 4.88. The van der Waals surface area contributed by atoms with E-state index in [9.17, 15) is 9.18 Å². The molecule has 0 saturated carbocycles. The number of methoxy groups -OCH3 is 1. The third-order valence-electron chi connectivity index (χ3n) is 2.09.